The molecule has 2 heterocycles. The molecule has 76 valence electrons. The summed E-state index contributed by atoms with van der Waals surface area (Å²) in [6.45, 7) is 0. The second-order valence-electron chi connectivity index (χ2n) is 3.35. The van der Waals surface area contributed by atoms with Gasteiger partial charge >= 0.3 is 0 Å². The Labute approximate surface area is 94.6 Å². The predicted molar refractivity (Wildman–Crippen MR) is 58.8 cm³/mol. The molecule has 0 amide bonds. The van der Waals surface area contributed by atoms with Crippen molar-refractivity contribution >= 4 is 39.4 Å². The van der Waals surface area contributed by atoms with Crippen molar-refractivity contribution in [3.05, 3.63) is 22.2 Å². The van der Waals surface area contributed by atoms with Crippen molar-refractivity contribution in [3.63, 3.8) is 0 Å². The first kappa shape index (κ1) is 9.12. The lowest BCUT2D eigenvalue weighted by Crippen LogP contribution is -2.13. The molecule has 1 atom stereocenters. The number of hydrogen-bond donors (Lipinski definition) is 0. The fourth-order valence-electron chi connectivity index (χ4n) is 1.79. The summed E-state index contributed by atoms with van der Waals surface area (Å²) in [4.78, 5) is 14.8. The van der Waals surface area contributed by atoms with E-state index < -0.39 is 0 Å². The van der Waals surface area contributed by atoms with Gasteiger partial charge in [0, 0.05) is 12.0 Å². The summed E-state index contributed by atoms with van der Waals surface area (Å²) in [5.41, 5.74) is 1.92. The quantitative estimate of drug-likeness (QED) is 0.718. The maximum atomic E-state index is 10.7. The van der Waals surface area contributed by atoms with Crippen LogP contribution in [0.3, 0.4) is 0 Å². The minimum atomic E-state index is -0.355. The minimum Gasteiger partial charge on any atom is -0.482 e. The van der Waals surface area contributed by atoms with E-state index in [2.05, 4.69) is 4.98 Å². The zero-order valence-electron chi connectivity index (χ0n) is 7.57. The molecule has 0 fully saturated rings. The van der Waals surface area contributed by atoms with Gasteiger partial charge in [0.2, 0.25) is 0 Å². The van der Waals surface area contributed by atoms with Crippen molar-refractivity contribution in [1.82, 2.24) is 4.98 Å². The molecule has 3 nitrogen and oxygen atoms in total. The minimum absolute atomic E-state index is 0.355. The number of aldehydes is 1. The fraction of sp³-hybridized carbons (Fsp3) is 0.200. The zero-order valence-corrected chi connectivity index (χ0v) is 9.14. The molecule has 1 aliphatic heterocycles. The molecule has 3 rings (SSSR count). The summed E-state index contributed by atoms with van der Waals surface area (Å²) in [5.74, 6) is 0.778. The number of fused-ring (bicyclic) bond motifs is 3. The van der Waals surface area contributed by atoms with Gasteiger partial charge in [-0.05, 0) is 12.1 Å². The first-order valence-electron chi connectivity index (χ1n) is 4.48. The smallest absolute Gasteiger partial charge is 0.184 e. The number of aromatic nitrogens is 1. The highest BCUT2D eigenvalue weighted by Crippen LogP contribution is 2.38. The number of hydrogen-bond acceptors (Lipinski definition) is 4. The van der Waals surface area contributed by atoms with Gasteiger partial charge in [0.15, 0.2) is 16.9 Å². The predicted octanol–water partition coefficient (Wildman–Crippen LogP) is 2.45. The average molecular weight is 240 g/mol. The van der Waals surface area contributed by atoms with E-state index >= 15 is 0 Å². The largest absolute Gasteiger partial charge is 0.482 e. The normalized spacial score (nSPS) is 18.9. The summed E-state index contributed by atoms with van der Waals surface area (Å²) >= 11 is 7.28. The lowest BCUT2D eigenvalue weighted by Gasteiger charge is -2.00. The highest BCUT2D eigenvalue weighted by molar-refractivity contribution is 7.22. The van der Waals surface area contributed by atoms with Crippen molar-refractivity contribution in [2.24, 2.45) is 0 Å². The first-order valence-corrected chi connectivity index (χ1v) is 5.67. The van der Waals surface area contributed by atoms with Gasteiger partial charge in [0.05, 0.1) is 10.2 Å². The van der Waals surface area contributed by atoms with Crippen molar-refractivity contribution in [3.8, 4) is 5.75 Å². The molecular weight excluding hydrogens is 234 g/mol. The van der Waals surface area contributed by atoms with Crippen molar-refractivity contribution in [2.45, 2.75) is 12.5 Å². The van der Waals surface area contributed by atoms with Crippen molar-refractivity contribution < 1.29 is 9.53 Å². The van der Waals surface area contributed by atoms with Gasteiger partial charge in [0.1, 0.15) is 5.75 Å². The van der Waals surface area contributed by atoms with Crippen LogP contribution in [0.25, 0.3) is 10.2 Å². The van der Waals surface area contributed by atoms with Crippen LogP contribution >= 0.6 is 22.9 Å². The Kier molecular flexibility index (Phi) is 1.94. The molecule has 5 heteroatoms. The maximum absolute atomic E-state index is 10.7. The number of halogens is 1. The van der Waals surface area contributed by atoms with E-state index in [0.717, 1.165) is 27.8 Å². The molecule has 0 unspecified atom stereocenters. The van der Waals surface area contributed by atoms with Gasteiger partial charge in [-0.25, -0.2) is 4.98 Å². The molecule has 1 aromatic carbocycles. The molecule has 2 aromatic rings. The molecule has 0 bridgehead atoms. The van der Waals surface area contributed by atoms with Crippen molar-refractivity contribution in [2.75, 3.05) is 0 Å². The molecule has 0 saturated carbocycles. The van der Waals surface area contributed by atoms with E-state index in [1.807, 2.05) is 12.1 Å². The number of carbonyl (C=O) groups is 1. The molecule has 0 saturated heterocycles. The molecule has 0 aliphatic carbocycles. The molecule has 0 radical (unpaired) electrons. The second-order valence-corrected chi connectivity index (χ2v) is 4.94. The van der Waals surface area contributed by atoms with Crippen LogP contribution in [-0.2, 0) is 11.2 Å². The Morgan fingerprint density at radius 3 is 3.27 bits per heavy atom. The van der Waals surface area contributed by atoms with Gasteiger partial charge in [0.25, 0.3) is 0 Å². The first-order chi connectivity index (χ1) is 7.28. The lowest BCUT2D eigenvalue weighted by atomic mass is 10.1. The number of ether oxygens (including phenoxy) is 1. The van der Waals surface area contributed by atoms with Gasteiger partial charge < -0.3 is 4.74 Å². The van der Waals surface area contributed by atoms with Gasteiger partial charge in [-0.15, -0.1) is 11.3 Å². The third-order valence-electron chi connectivity index (χ3n) is 2.43. The van der Waals surface area contributed by atoms with Gasteiger partial charge in [-0.2, -0.15) is 0 Å². The third kappa shape index (κ3) is 1.33. The molecule has 0 spiro atoms. The van der Waals surface area contributed by atoms with E-state index in [9.17, 15) is 4.79 Å². The van der Waals surface area contributed by atoms with Gasteiger partial charge in [-0.3, -0.25) is 4.79 Å². The number of nitrogens with zero attached hydrogens (tertiary/aromatic N) is 1. The summed E-state index contributed by atoms with van der Waals surface area (Å²) in [5, 5.41) is 0. The molecule has 15 heavy (non-hydrogen) atoms. The highest BCUT2D eigenvalue weighted by Gasteiger charge is 2.25. The Morgan fingerprint density at radius 2 is 2.47 bits per heavy atom. The zero-order chi connectivity index (χ0) is 10.4. The third-order valence-corrected chi connectivity index (χ3v) is 3.66. The summed E-state index contributed by atoms with van der Waals surface area (Å²) in [6.07, 6.45) is 1.09. The van der Waals surface area contributed by atoms with E-state index in [4.69, 9.17) is 16.3 Å². The second kappa shape index (κ2) is 3.18. The Hall–Kier alpha value is -1.13. The fourth-order valence-corrected chi connectivity index (χ4v) is 2.95. The molecule has 0 N–H and O–H groups in total. The van der Waals surface area contributed by atoms with E-state index in [1.165, 1.54) is 11.3 Å². The van der Waals surface area contributed by atoms with Crippen LogP contribution in [-0.4, -0.2) is 17.4 Å². The molecule has 1 aliphatic rings. The van der Waals surface area contributed by atoms with Crippen LogP contribution < -0.4 is 4.74 Å². The summed E-state index contributed by atoms with van der Waals surface area (Å²) in [7, 11) is 0. The van der Waals surface area contributed by atoms with E-state index in [1.54, 1.807) is 0 Å². The lowest BCUT2D eigenvalue weighted by molar-refractivity contribution is -0.113. The van der Waals surface area contributed by atoms with Crippen LogP contribution in [0.5, 0.6) is 5.75 Å². The van der Waals surface area contributed by atoms with Crippen molar-refractivity contribution in [1.29, 1.82) is 0 Å². The monoisotopic (exact) mass is 239 g/mol. The topological polar surface area (TPSA) is 39.2 Å². The number of benzene rings is 1. The Balaban J connectivity index is 2.23. The molecule has 1 aromatic heterocycles. The van der Waals surface area contributed by atoms with E-state index in [0.29, 0.717) is 10.9 Å². The summed E-state index contributed by atoms with van der Waals surface area (Å²) < 4.78 is 6.99. The van der Waals surface area contributed by atoms with Crippen LogP contribution in [0.2, 0.25) is 4.47 Å². The van der Waals surface area contributed by atoms with Crippen LogP contribution in [0.1, 0.15) is 5.56 Å². The van der Waals surface area contributed by atoms with Crippen LogP contribution in [0, 0.1) is 0 Å². The average Bonchev–Trinajstić information content (AvgIpc) is 2.78. The molecular formula is C10H6ClNO2S. The maximum Gasteiger partial charge on any atom is 0.184 e. The SMILES string of the molecule is O=C[C@@H]1Cc2c(ccc3nc(Cl)sc23)O1. The number of thiazole rings is 1. The van der Waals surface area contributed by atoms with Crippen LogP contribution in [0.15, 0.2) is 12.1 Å². The van der Waals surface area contributed by atoms with Crippen LogP contribution in [0.4, 0.5) is 0 Å². The number of carbonyl (C=O) groups excluding carboxylic acids is 1. The van der Waals surface area contributed by atoms with E-state index in [-0.39, 0.29) is 6.10 Å². The number of rotatable bonds is 1. The summed E-state index contributed by atoms with van der Waals surface area (Å²) in [6, 6.07) is 3.71. The Morgan fingerprint density at radius 1 is 1.60 bits per heavy atom. The Bertz CT molecular complexity index is 552. The van der Waals surface area contributed by atoms with Gasteiger partial charge in [-0.1, -0.05) is 11.6 Å². The standard InChI is InChI=1S/C10H6ClNO2S/c11-10-12-7-1-2-8-6(9(7)15-10)3-5(4-13)14-8/h1-2,4-5H,3H2/t5-/m0/s1. The highest BCUT2D eigenvalue weighted by atomic mass is 35.5.